The highest BCUT2D eigenvalue weighted by molar-refractivity contribution is 7.99. The van der Waals surface area contributed by atoms with E-state index >= 15 is 0 Å². The Labute approximate surface area is 171 Å². The zero-order valence-corrected chi connectivity index (χ0v) is 16.4. The average Bonchev–Trinajstić information content (AvgIpc) is 3.45. The number of carbonyl (C=O) groups is 1. The van der Waals surface area contributed by atoms with E-state index in [0.29, 0.717) is 21.5 Å². The van der Waals surface area contributed by atoms with Crippen LogP contribution in [0.15, 0.2) is 70.6 Å². The van der Waals surface area contributed by atoms with Gasteiger partial charge < -0.3 is 5.32 Å². The summed E-state index contributed by atoms with van der Waals surface area (Å²) >= 11 is 13.3. The molecule has 4 nitrogen and oxygen atoms in total. The largest absolute Gasteiger partial charge is 0.349 e. The first kappa shape index (κ1) is 18.3. The molecule has 1 heterocycles. The molecule has 3 aromatic rings. The van der Waals surface area contributed by atoms with Gasteiger partial charge in [0.2, 0.25) is 0 Å². The highest BCUT2D eigenvalue weighted by atomic mass is 35.5. The number of aromatic nitrogens is 2. The molecular formula is C20H15Cl2N3OS. The van der Waals surface area contributed by atoms with E-state index in [1.807, 2.05) is 30.3 Å². The molecule has 2 atom stereocenters. The maximum absolute atomic E-state index is 12.8. The molecule has 1 aromatic heterocycles. The molecule has 1 amide bonds. The summed E-state index contributed by atoms with van der Waals surface area (Å²) < 4.78 is 0. The van der Waals surface area contributed by atoms with Crippen LogP contribution in [0.25, 0.3) is 0 Å². The summed E-state index contributed by atoms with van der Waals surface area (Å²) in [7, 11) is 0. The van der Waals surface area contributed by atoms with Crippen LogP contribution < -0.4 is 5.32 Å². The Kier molecular flexibility index (Phi) is 5.34. The maximum Gasteiger partial charge on any atom is 0.254 e. The van der Waals surface area contributed by atoms with Gasteiger partial charge in [-0.25, -0.2) is 0 Å². The highest BCUT2D eigenvalue weighted by Crippen LogP contribution is 2.41. The first-order valence-corrected chi connectivity index (χ1v) is 10.00. The lowest BCUT2D eigenvalue weighted by molar-refractivity contribution is 0.0946. The van der Waals surface area contributed by atoms with E-state index in [0.717, 1.165) is 11.3 Å². The second kappa shape index (κ2) is 7.89. The number of halogens is 2. The average molecular weight is 416 g/mol. The fraction of sp³-hybridized carbons (Fsp3) is 0.150. The minimum Gasteiger partial charge on any atom is -0.349 e. The van der Waals surface area contributed by atoms with Gasteiger partial charge in [0.15, 0.2) is 5.15 Å². The van der Waals surface area contributed by atoms with Gasteiger partial charge in [-0.05, 0) is 42.3 Å². The van der Waals surface area contributed by atoms with Crippen LogP contribution in [0.4, 0.5) is 0 Å². The van der Waals surface area contributed by atoms with Crippen LogP contribution in [0, 0.1) is 0 Å². The lowest BCUT2D eigenvalue weighted by atomic mass is 10.1. The molecule has 27 heavy (non-hydrogen) atoms. The predicted molar refractivity (Wildman–Crippen MR) is 108 cm³/mol. The van der Waals surface area contributed by atoms with E-state index in [1.54, 1.807) is 18.2 Å². The van der Waals surface area contributed by atoms with Crippen LogP contribution >= 0.6 is 35.0 Å². The Morgan fingerprint density at radius 1 is 1.04 bits per heavy atom. The zero-order chi connectivity index (χ0) is 18.8. The van der Waals surface area contributed by atoms with Crippen molar-refractivity contribution in [3.05, 3.63) is 82.0 Å². The Hall–Kier alpha value is -2.08. The quantitative estimate of drug-likeness (QED) is 0.620. The van der Waals surface area contributed by atoms with Crippen LogP contribution in [0.5, 0.6) is 0 Å². The van der Waals surface area contributed by atoms with Crippen molar-refractivity contribution in [2.45, 2.75) is 28.3 Å². The van der Waals surface area contributed by atoms with E-state index < -0.39 is 0 Å². The molecule has 2 unspecified atom stereocenters. The maximum atomic E-state index is 12.8. The van der Waals surface area contributed by atoms with E-state index in [-0.39, 0.29) is 17.1 Å². The number of rotatable bonds is 5. The summed E-state index contributed by atoms with van der Waals surface area (Å²) in [6.45, 7) is 0. The van der Waals surface area contributed by atoms with E-state index in [2.05, 4.69) is 27.6 Å². The lowest BCUT2D eigenvalue weighted by Crippen LogP contribution is -2.27. The first-order valence-electron chi connectivity index (χ1n) is 8.42. The minimum atomic E-state index is -0.188. The molecule has 0 aliphatic heterocycles. The van der Waals surface area contributed by atoms with Gasteiger partial charge in [0.1, 0.15) is 5.03 Å². The van der Waals surface area contributed by atoms with Crippen molar-refractivity contribution < 1.29 is 4.79 Å². The van der Waals surface area contributed by atoms with Gasteiger partial charge in [-0.2, -0.15) is 0 Å². The monoisotopic (exact) mass is 415 g/mol. The molecule has 4 rings (SSSR count). The van der Waals surface area contributed by atoms with Crippen molar-refractivity contribution in [2.75, 3.05) is 0 Å². The molecule has 1 aliphatic rings. The fourth-order valence-electron chi connectivity index (χ4n) is 2.88. The lowest BCUT2D eigenvalue weighted by Gasteiger charge is -2.09. The standard InChI is InChI=1S/C20H15Cl2N3OS/c21-13-6-8-14(9-7-13)27-20-16(11-18(22)24-25-20)19(26)23-17-10-15(17)12-4-2-1-3-5-12/h1-9,11,15,17H,10H2,(H,23,26). The van der Waals surface area contributed by atoms with Crippen LogP contribution in [0.1, 0.15) is 28.3 Å². The molecule has 2 aromatic carbocycles. The Morgan fingerprint density at radius 3 is 2.52 bits per heavy atom. The zero-order valence-electron chi connectivity index (χ0n) is 14.1. The number of hydrogen-bond donors (Lipinski definition) is 1. The normalized spacial score (nSPS) is 18.1. The second-order valence-electron chi connectivity index (χ2n) is 6.27. The van der Waals surface area contributed by atoms with Crippen LogP contribution in [-0.2, 0) is 0 Å². The van der Waals surface area contributed by atoms with E-state index in [9.17, 15) is 4.79 Å². The molecule has 0 spiro atoms. The van der Waals surface area contributed by atoms with Gasteiger partial charge in [-0.1, -0.05) is 65.3 Å². The molecule has 0 radical (unpaired) electrons. The third-order valence-electron chi connectivity index (χ3n) is 4.34. The summed E-state index contributed by atoms with van der Waals surface area (Å²) in [6.07, 6.45) is 0.932. The summed E-state index contributed by atoms with van der Waals surface area (Å²) in [5.74, 6) is 0.166. The van der Waals surface area contributed by atoms with Crippen molar-refractivity contribution >= 4 is 40.9 Å². The van der Waals surface area contributed by atoms with Crippen molar-refractivity contribution in [2.24, 2.45) is 0 Å². The fourth-order valence-corrected chi connectivity index (χ4v) is 3.99. The number of amides is 1. The van der Waals surface area contributed by atoms with E-state index in [1.165, 1.54) is 17.3 Å². The molecule has 1 fully saturated rings. The van der Waals surface area contributed by atoms with Gasteiger partial charge in [0, 0.05) is 21.9 Å². The van der Waals surface area contributed by atoms with Gasteiger partial charge in [0.05, 0.1) is 5.56 Å². The third-order valence-corrected chi connectivity index (χ3v) is 5.78. The molecular weight excluding hydrogens is 401 g/mol. The number of nitrogens with zero attached hydrogens (tertiary/aromatic N) is 2. The molecule has 0 bridgehead atoms. The smallest absolute Gasteiger partial charge is 0.254 e. The van der Waals surface area contributed by atoms with Gasteiger partial charge in [0.25, 0.3) is 5.91 Å². The molecule has 1 aliphatic carbocycles. The predicted octanol–water partition coefficient (Wildman–Crippen LogP) is 5.22. The van der Waals surface area contributed by atoms with Crippen LogP contribution in [-0.4, -0.2) is 22.1 Å². The van der Waals surface area contributed by atoms with Crippen molar-refractivity contribution in [1.29, 1.82) is 0 Å². The molecule has 7 heteroatoms. The second-order valence-corrected chi connectivity index (χ2v) is 8.16. The van der Waals surface area contributed by atoms with Gasteiger partial charge >= 0.3 is 0 Å². The van der Waals surface area contributed by atoms with Crippen LogP contribution in [0.3, 0.4) is 0 Å². The molecule has 1 saturated carbocycles. The Balaban J connectivity index is 1.50. The first-order chi connectivity index (χ1) is 13.1. The third kappa shape index (κ3) is 4.43. The number of carbonyl (C=O) groups excluding carboxylic acids is 1. The SMILES string of the molecule is O=C(NC1CC1c1ccccc1)c1cc(Cl)nnc1Sc1ccc(Cl)cc1. The molecule has 136 valence electrons. The van der Waals surface area contributed by atoms with E-state index in [4.69, 9.17) is 23.2 Å². The number of hydrogen-bond acceptors (Lipinski definition) is 4. The summed E-state index contributed by atoms with van der Waals surface area (Å²) in [5, 5.41) is 12.4. The minimum absolute atomic E-state index is 0.125. The molecule has 1 N–H and O–H groups in total. The van der Waals surface area contributed by atoms with Crippen molar-refractivity contribution in [3.63, 3.8) is 0 Å². The van der Waals surface area contributed by atoms with Crippen molar-refractivity contribution in [1.82, 2.24) is 15.5 Å². The molecule has 0 saturated heterocycles. The van der Waals surface area contributed by atoms with Crippen LogP contribution in [0.2, 0.25) is 10.2 Å². The summed E-state index contributed by atoms with van der Waals surface area (Å²) in [6, 6.07) is 19.2. The van der Waals surface area contributed by atoms with Crippen molar-refractivity contribution in [3.8, 4) is 0 Å². The van der Waals surface area contributed by atoms with Gasteiger partial charge in [-0.3, -0.25) is 4.79 Å². The topological polar surface area (TPSA) is 54.9 Å². The number of benzene rings is 2. The highest BCUT2D eigenvalue weighted by Gasteiger charge is 2.39. The Bertz CT molecular complexity index is 967. The number of nitrogens with one attached hydrogen (secondary N) is 1. The Morgan fingerprint density at radius 2 is 1.78 bits per heavy atom. The summed E-state index contributed by atoms with van der Waals surface area (Å²) in [5.41, 5.74) is 1.66. The summed E-state index contributed by atoms with van der Waals surface area (Å²) in [4.78, 5) is 13.7. The van der Waals surface area contributed by atoms with Gasteiger partial charge in [-0.15, -0.1) is 10.2 Å².